The molecule has 2 unspecified atom stereocenters. The smallest absolute Gasteiger partial charge is 0.301 e. The quantitative estimate of drug-likeness (QED) is 0.580. The van der Waals surface area contributed by atoms with E-state index in [2.05, 4.69) is 4.89 Å². The maximum atomic E-state index is 11.5. The third-order valence-electron chi connectivity index (χ3n) is 4.47. The summed E-state index contributed by atoms with van der Waals surface area (Å²) in [7, 11) is 0. The summed E-state index contributed by atoms with van der Waals surface area (Å²) in [5, 5.41) is 8.55. The summed E-state index contributed by atoms with van der Waals surface area (Å²) in [4.78, 5) is 15.5. The summed E-state index contributed by atoms with van der Waals surface area (Å²) in [6.45, 7) is 0. The number of hydrogen-bond donors (Lipinski definition) is 1. The van der Waals surface area contributed by atoms with Crippen LogP contribution >= 0.6 is 0 Å². The summed E-state index contributed by atoms with van der Waals surface area (Å²) >= 11 is 0. The van der Waals surface area contributed by atoms with Gasteiger partial charge in [0.15, 0.2) is 0 Å². The molecule has 92 valence electrons. The normalized spacial score (nSPS) is 32.3. The summed E-state index contributed by atoms with van der Waals surface area (Å²) in [5.41, 5.74) is 0. The molecule has 2 rings (SSSR count). The molecule has 0 aromatic heterocycles. The molecule has 0 saturated heterocycles. The van der Waals surface area contributed by atoms with Gasteiger partial charge in [-0.2, -0.15) is 5.26 Å². The minimum absolute atomic E-state index is 0.0400. The van der Waals surface area contributed by atoms with Crippen molar-refractivity contribution in [3.63, 3.8) is 0 Å². The molecule has 1 N–H and O–H groups in total. The second-order valence-electron chi connectivity index (χ2n) is 5.36. The number of hydrogen-bond acceptors (Lipinski definition) is 3. The van der Waals surface area contributed by atoms with Crippen LogP contribution in [-0.4, -0.2) is 11.2 Å². The van der Waals surface area contributed by atoms with Crippen molar-refractivity contribution in [2.45, 2.75) is 57.8 Å². The van der Waals surface area contributed by atoms with Crippen LogP contribution in [0.25, 0.3) is 0 Å². The topological polar surface area (TPSA) is 46.5 Å². The Bertz CT molecular complexity index is 233. The Kier molecular flexibility index (Phi) is 4.22. The predicted octanol–water partition coefficient (Wildman–Crippen LogP) is 3.39. The van der Waals surface area contributed by atoms with Crippen LogP contribution in [0.2, 0.25) is 0 Å². The zero-order chi connectivity index (χ0) is 11.4. The fourth-order valence-corrected chi connectivity index (χ4v) is 3.65. The summed E-state index contributed by atoms with van der Waals surface area (Å²) in [6.07, 6.45) is 10.9. The lowest BCUT2D eigenvalue weighted by molar-refractivity contribution is -0.242. The van der Waals surface area contributed by atoms with Gasteiger partial charge in [0.1, 0.15) is 0 Å². The molecule has 2 saturated carbocycles. The molecule has 0 aromatic rings. The van der Waals surface area contributed by atoms with Crippen molar-refractivity contribution < 1.29 is 14.9 Å². The fraction of sp³-hybridized carbons (Fsp3) is 0.923. The highest BCUT2D eigenvalue weighted by Crippen LogP contribution is 2.41. The SMILES string of the molecule is O=C(OO)C1CCCCC1C1CCCCC1. The van der Waals surface area contributed by atoms with Crippen molar-refractivity contribution >= 4 is 5.97 Å². The van der Waals surface area contributed by atoms with E-state index < -0.39 is 5.97 Å². The van der Waals surface area contributed by atoms with Crippen LogP contribution in [-0.2, 0) is 9.68 Å². The second kappa shape index (κ2) is 5.67. The molecule has 0 aliphatic heterocycles. The van der Waals surface area contributed by atoms with E-state index in [4.69, 9.17) is 5.26 Å². The van der Waals surface area contributed by atoms with Crippen molar-refractivity contribution in [1.29, 1.82) is 0 Å². The van der Waals surface area contributed by atoms with E-state index in [1.54, 1.807) is 0 Å². The molecule has 0 radical (unpaired) electrons. The van der Waals surface area contributed by atoms with Gasteiger partial charge >= 0.3 is 5.97 Å². The molecule has 0 bridgehead atoms. The Labute approximate surface area is 97.1 Å². The molecular weight excluding hydrogens is 204 g/mol. The summed E-state index contributed by atoms with van der Waals surface area (Å²) in [6, 6.07) is 0. The zero-order valence-electron chi connectivity index (χ0n) is 9.86. The highest BCUT2D eigenvalue weighted by molar-refractivity contribution is 5.72. The summed E-state index contributed by atoms with van der Waals surface area (Å²) in [5.74, 6) is 0.726. The van der Waals surface area contributed by atoms with Crippen LogP contribution < -0.4 is 0 Å². The lowest BCUT2D eigenvalue weighted by Crippen LogP contribution is -2.34. The van der Waals surface area contributed by atoms with E-state index in [-0.39, 0.29) is 5.92 Å². The van der Waals surface area contributed by atoms with Gasteiger partial charge in [-0.15, -0.1) is 0 Å². The van der Waals surface area contributed by atoms with Gasteiger partial charge in [-0.05, 0) is 24.7 Å². The first-order chi connectivity index (χ1) is 7.83. The highest BCUT2D eigenvalue weighted by Gasteiger charge is 2.37. The fourth-order valence-electron chi connectivity index (χ4n) is 3.65. The van der Waals surface area contributed by atoms with Crippen molar-refractivity contribution in [3.8, 4) is 0 Å². The molecule has 3 nitrogen and oxygen atoms in total. The highest BCUT2D eigenvalue weighted by atomic mass is 17.1. The Hall–Kier alpha value is -0.570. The van der Waals surface area contributed by atoms with Crippen molar-refractivity contribution in [2.75, 3.05) is 0 Å². The van der Waals surface area contributed by atoms with Crippen molar-refractivity contribution in [2.24, 2.45) is 17.8 Å². The molecule has 0 amide bonds. The molecule has 2 fully saturated rings. The molecule has 0 aromatic carbocycles. The van der Waals surface area contributed by atoms with Crippen LogP contribution in [0.15, 0.2) is 0 Å². The van der Waals surface area contributed by atoms with E-state index >= 15 is 0 Å². The molecular formula is C13H22O3. The minimum atomic E-state index is -0.393. The summed E-state index contributed by atoms with van der Waals surface area (Å²) < 4.78 is 0. The van der Waals surface area contributed by atoms with Gasteiger partial charge in [0.05, 0.1) is 5.92 Å². The minimum Gasteiger partial charge on any atom is -0.301 e. The lowest BCUT2D eigenvalue weighted by Gasteiger charge is -2.37. The van der Waals surface area contributed by atoms with Gasteiger partial charge in [0.25, 0.3) is 0 Å². The molecule has 16 heavy (non-hydrogen) atoms. The van der Waals surface area contributed by atoms with Gasteiger partial charge in [-0.25, -0.2) is 4.79 Å². The van der Waals surface area contributed by atoms with Crippen molar-refractivity contribution in [3.05, 3.63) is 0 Å². The van der Waals surface area contributed by atoms with E-state index in [1.165, 1.54) is 38.5 Å². The van der Waals surface area contributed by atoms with Crippen molar-refractivity contribution in [1.82, 2.24) is 0 Å². The van der Waals surface area contributed by atoms with Gasteiger partial charge in [0, 0.05) is 0 Å². The first-order valence-electron chi connectivity index (χ1n) is 6.68. The van der Waals surface area contributed by atoms with Crippen LogP contribution in [0.1, 0.15) is 57.8 Å². The molecule has 2 atom stereocenters. The molecule has 2 aliphatic carbocycles. The average Bonchev–Trinajstić information content (AvgIpc) is 2.39. The van der Waals surface area contributed by atoms with E-state index in [0.717, 1.165) is 19.3 Å². The number of rotatable bonds is 2. The molecule has 0 heterocycles. The van der Waals surface area contributed by atoms with E-state index in [9.17, 15) is 4.79 Å². The Morgan fingerprint density at radius 1 is 0.938 bits per heavy atom. The largest absolute Gasteiger partial charge is 0.345 e. The molecule has 3 heteroatoms. The lowest BCUT2D eigenvalue weighted by atomic mass is 9.68. The number of carbonyl (C=O) groups is 1. The third-order valence-corrected chi connectivity index (χ3v) is 4.47. The maximum Gasteiger partial charge on any atom is 0.345 e. The third kappa shape index (κ3) is 2.57. The van der Waals surface area contributed by atoms with Crippen LogP contribution in [0.4, 0.5) is 0 Å². The first kappa shape index (κ1) is 11.9. The predicted molar refractivity (Wildman–Crippen MR) is 60.7 cm³/mol. The maximum absolute atomic E-state index is 11.5. The van der Waals surface area contributed by atoms with Crippen LogP contribution in [0.5, 0.6) is 0 Å². The number of carbonyl (C=O) groups excluding carboxylic acids is 1. The molecule has 2 aliphatic rings. The van der Waals surface area contributed by atoms with Gasteiger partial charge < -0.3 is 4.89 Å². The van der Waals surface area contributed by atoms with E-state index in [1.807, 2.05) is 0 Å². The standard InChI is InChI=1S/C13H22O3/c14-13(16-15)12-9-5-4-8-11(12)10-6-2-1-3-7-10/h10-12,15H,1-9H2. The second-order valence-corrected chi connectivity index (χ2v) is 5.36. The van der Waals surface area contributed by atoms with Crippen LogP contribution in [0.3, 0.4) is 0 Å². The van der Waals surface area contributed by atoms with Gasteiger partial charge in [0.2, 0.25) is 0 Å². The Balaban J connectivity index is 2.00. The zero-order valence-corrected chi connectivity index (χ0v) is 9.86. The Morgan fingerprint density at radius 3 is 2.25 bits per heavy atom. The Morgan fingerprint density at radius 2 is 1.56 bits per heavy atom. The van der Waals surface area contributed by atoms with Crippen LogP contribution in [0, 0.1) is 17.8 Å². The average molecular weight is 226 g/mol. The first-order valence-corrected chi connectivity index (χ1v) is 6.68. The monoisotopic (exact) mass is 226 g/mol. The van der Waals surface area contributed by atoms with Gasteiger partial charge in [-0.3, -0.25) is 0 Å². The molecule has 0 spiro atoms. The van der Waals surface area contributed by atoms with Gasteiger partial charge in [-0.1, -0.05) is 44.9 Å². The van der Waals surface area contributed by atoms with E-state index in [0.29, 0.717) is 11.8 Å².